The van der Waals surface area contributed by atoms with Crippen molar-refractivity contribution in [3.8, 4) is 0 Å². The van der Waals surface area contributed by atoms with Gasteiger partial charge in [0.15, 0.2) is 0 Å². The molecule has 17 heavy (non-hydrogen) atoms. The SMILES string of the molecule is CC(C)(C)OC(=O)N1CCc2nc[nH]c2CC1. The molecule has 94 valence electrons. The molecule has 0 aliphatic carbocycles. The van der Waals surface area contributed by atoms with Gasteiger partial charge < -0.3 is 14.6 Å². The number of aromatic amines is 1. The summed E-state index contributed by atoms with van der Waals surface area (Å²) in [6.45, 7) is 7.00. The van der Waals surface area contributed by atoms with Crippen molar-refractivity contribution in [2.45, 2.75) is 39.2 Å². The number of amides is 1. The summed E-state index contributed by atoms with van der Waals surface area (Å²) < 4.78 is 5.36. The van der Waals surface area contributed by atoms with E-state index in [0.717, 1.165) is 24.2 Å². The van der Waals surface area contributed by atoms with E-state index in [2.05, 4.69) is 9.97 Å². The topological polar surface area (TPSA) is 58.2 Å². The summed E-state index contributed by atoms with van der Waals surface area (Å²) in [6, 6.07) is 0. The Kier molecular flexibility index (Phi) is 3.09. The Bertz CT molecular complexity index is 384. The molecule has 2 rings (SSSR count). The predicted molar refractivity (Wildman–Crippen MR) is 63.8 cm³/mol. The summed E-state index contributed by atoms with van der Waals surface area (Å²) in [7, 11) is 0. The second kappa shape index (κ2) is 4.39. The minimum absolute atomic E-state index is 0.234. The second-order valence-electron chi connectivity index (χ2n) is 5.30. The molecule has 5 nitrogen and oxygen atoms in total. The molecule has 0 spiro atoms. The van der Waals surface area contributed by atoms with Gasteiger partial charge in [-0.05, 0) is 20.8 Å². The number of hydrogen-bond acceptors (Lipinski definition) is 3. The largest absolute Gasteiger partial charge is 0.444 e. The van der Waals surface area contributed by atoms with Crippen LogP contribution < -0.4 is 0 Å². The molecule has 1 aliphatic rings. The number of aromatic nitrogens is 2. The van der Waals surface area contributed by atoms with Gasteiger partial charge in [0.05, 0.1) is 12.0 Å². The summed E-state index contributed by atoms with van der Waals surface area (Å²) in [6.07, 6.45) is 3.09. The van der Waals surface area contributed by atoms with Crippen molar-refractivity contribution in [1.29, 1.82) is 0 Å². The molecule has 1 aromatic rings. The average molecular weight is 237 g/mol. The zero-order chi connectivity index (χ0) is 12.5. The molecule has 0 bridgehead atoms. The predicted octanol–water partition coefficient (Wildman–Crippen LogP) is 1.75. The lowest BCUT2D eigenvalue weighted by atomic mass is 10.2. The van der Waals surface area contributed by atoms with Crippen LogP contribution in [0.25, 0.3) is 0 Å². The van der Waals surface area contributed by atoms with Gasteiger partial charge in [-0.25, -0.2) is 9.78 Å². The van der Waals surface area contributed by atoms with Crippen molar-refractivity contribution in [3.63, 3.8) is 0 Å². The average Bonchev–Trinajstić information content (AvgIpc) is 2.54. The van der Waals surface area contributed by atoms with Gasteiger partial charge in [0, 0.05) is 31.6 Å². The van der Waals surface area contributed by atoms with Crippen LogP contribution in [0.1, 0.15) is 32.2 Å². The van der Waals surface area contributed by atoms with Crippen molar-refractivity contribution >= 4 is 6.09 Å². The van der Waals surface area contributed by atoms with E-state index < -0.39 is 5.60 Å². The Labute approximate surface area is 101 Å². The first-order valence-corrected chi connectivity index (χ1v) is 5.95. The molecule has 2 heterocycles. The Balaban J connectivity index is 1.97. The molecule has 0 saturated carbocycles. The van der Waals surface area contributed by atoms with Crippen LogP contribution in [-0.2, 0) is 17.6 Å². The number of fused-ring (bicyclic) bond motifs is 1. The van der Waals surface area contributed by atoms with Crippen LogP contribution in [0, 0.1) is 0 Å². The number of hydrogen-bond donors (Lipinski definition) is 1. The minimum atomic E-state index is -0.435. The number of ether oxygens (including phenoxy) is 1. The molecule has 0 aromatic carbocycles. The highest BCUT2D eigenvalue weighted by Crippen LogP contribution is 2.15. The normalized spacial score (nSPS) is 16.3. The van der Waals surface area contributed by atoms with E-state index in [4.69, 9.17) is 4.74 Å². The summed E-state index contributed by atoms with van der Waals surface area (Å²) in [5.41, 5.74) is 1.77. The van der Waals surface area contributed by atoms with Crippen LogP contribution in [0.15, 0.2) is 6.33 Å². The Hall–Kier alpha value is -1.52. The molecule has 0 fully saturated rings. The lowest BCUT2D eigenvalue weighted by Crippen LogP contribution is -2.38. The van der Waals surface area contributed by atoms with Crippen LogP contribution in [0.2, 0.25) is 0 Å². The Morgan fingerprint density at radius 3 is 2.82 bits per heavy atom. The number of nitrogens with one attached hydrogen (secondary N) is 1. The summed E-state index contributed by atoms with van der Waals surface area (Å²) in [5, 5.41) is 0. The molecule has 5 heteroatoms. The van der Waals surface area contributed by atoms with Crippen LogP contribution in [-0.4, -0.2) is 39.7 Å². The van der Waals surface area contributed by atoms with E-state index in [0.29, 0.717) is 13.1 Å². The molecule has 0 radical (unpaired) electrons. The van der Waals surface area contributed by atoms with Gasteiger partial charge in [-0.15, -0.1) is 0 Å². The van der Waals surface area contributed by atoms with Gasteiger partial charge in [-0.1, -0.05) is 0 Å². The number of imidazole rings is 1. The quantitative estimate of drug-likeness (QED) is 0.747. The number of nitrogens with zero attached hydrogens (tertiary/aromatic N) is 2. The lowest BCUT2D eigenvalue weighted by molar-refractivity contribution is 0.0258. The first-order valence-electron chi connectivity index (χ1n) is 5.95. The third-order valence-corrected chi connectivity index (χ3v) is 2.71. The number of carbonyl (C=O) groups excluding carboxylic acids is 1. The zero-order valence-electron chi connectivity index (χ0n) is 10.6. The van der Waals surface area contributed by atoms with E-state index in [-0.39, 0.29) is 6.09 Å². The van der Waals surface area contributed by atoms with Crippen LogP contribution in [0.5, 0.6) is 0 Å². The third kappa shape index (κ3) is 2.99. The molecular weight excluding hydrogens is 218 g/mol. The van der Waals surface area contributed by atoms with E-state index in [1.165, 1.54) is 0 Å². The number of carbonyl (C=O) groups is 1. The fourth-order valence-corrected chi connectivity index (χ4v) is 1.89. The fraction of sp³-hybridized carbons (Fsp3) is 0.667. The molecule has 1 aromatic heterocycles. The van der Waals surface area contributed by atoms with Crippen LogP contribution in [0.4, 0.5) is 4.79 Å². The highest BCUT2D eigenvalue weighted by atomic mass is 16.6. The first-order chi connectivity index (χ1) is 7.96. The summed E-state index contributed by atoms with van der Waals surface area (Å²) >= 11 is 0. The van der Waals surface area contributed by atoms with E-state index in [1.54, 1.807) is 11.2 Å². The maximum absolute atomic E-state index is 11.9. The maximum atomic E-state index is 11.9. The van der Waals surface area contributed by atoms with Crippen molar-refractivity contribution in [3.05, 3.63) is 17.7 Å². The van der Waals surface area contributed by atoms with E-state index in [1.807, 2.05) is 20.8 Å². The van der Waals surface area contributed by atoms with Crippen LogP contribution in [0.3, 0.4) is 0 Å². The number of H-pyrrole nitrogens is 1. The molecule has 1 aliphatic heterocycles. The van der Waals surface area contributed by atoms with E-state index >= 15 is 0 Å². The first kappa shape index (κ1) is 12.0. The molecular formula is C12H19N3O2. The van der Waals surface area contributed by atoms with Gasteiger partial charge in [0.25, 0.3) is 0 Å². The number of rotatable bonds is 0. The van der Waals surface area contributed by atoms with Gasteiger partial charge >= 0.3 is 6.09 Å². The zero-order valence-corrected chi connectivity index (χ0v) is 10.6. The molecule has 1 N–H and O–H groups in total. The fourth-order valence-electron chi connectivity index (χ4n) is 1.89. The van der Waals surface area contributed by atoms with Crippen LogP contribution >= 0.6 is 0 Å². The smallest absolute Gasteiger partial charge is 0.410 e. The van der Waals surface area contributed by atoms with Crippen molar-refractivity contribution in [1.82, 2.24) is 14.9 Å². The van der Waals surface area contributed by atoms with Gasteiger partial charge in [-0.3, -0.25) is 0 Å². The lowest BCUT2D eigenvalue weighted by Gasteiger charge is -2.26. The monoisotopic (exact) mass is 237 g/mol. The summed E-state index contributed by atoms with van der Waals surface area (Å²) in [4.78, 5) is 21.0. The highest BCUT2D eigenvalue weighted by molar-refractivity contribution is 5.68. The standard InChI is InChI=1S/C12H19N3O2/c1-12(2,3)17-11(16)15-6-4-9-10(5-7-15)14-8-13-9/h8H,4-7H2,1-3H3,(H,13,14). The third-order valence-electron chi connectivity index (χ3n) is 2.71. The van der Waals surface area contributed by atoms with Crippen molar-refractivity contribution in [2.75, 3.05) is 13.1 Å². The minimum Gasteiger partial charge on any atom is -0.444 e. The van der Waals surface area contributed by atoms with Gasteiger partial charge in [-0.2, -0.15) is 0 Å². The van der Waals surface area contributed by atoms with E-state index in [9.17, 15) is 4.79 Å². The molecule has 0 atom stereocenters. The summed E-state index contributed by atoms with van der Waals surface area (Å²) in [5.74, 6) is 0. The second-order valence-corrected chi connectivity index (χ2v) is 5.30. The Morgan fingerprint density at radius 1 is 1.41 bits per heavy atom. The molecule has 0 unspecified atom stereocenters. The van der Waals surface area contributed by atoms with Gasteiger partial charge in [0.1, 0.15) is 5.60 Å². The maximum Gasteiger partial charge on any atom is 0.410 e. The molecule has 0 saturated heterocycles. The van der Waals surface area contributed by atoms with Crippen molar-refractivity contribution < 1.29 is 9.53 Å². The highest BCUT2D eigenvalue weighted by Gasteiger charge is 2.24. The molecule has 1 amide bonds. The Morgan fingerprint density at radius 2 is 2.12 bits per heavy atom. The van der Waals surface area contributed by atoms with Gasteiger partial charge in [0.2, 0.25) is 0 Å². The van der Waals surface area contributed by atoms with Crippen molar-refractivity contribution in [2.24, 2.45) is 0 Å².